The van der Waals surface area contributed by atoms with E-state index in [0.29, 0.717) is 0 Å². The number of halogens is 2. The van der Waals surface area contributed by atoms with Crippen molar-refractivity contribution in [3.05, 3.63) is 11.4 Å². The van der Waals surface area contributed by atoms with E-state index in [4.69, 9.17) is 0 Å². The molecule has 2 nitrogen and oxygen atoms in total. The van der Waals surface area contributed by atoms with Crippen LogP contribution in [0.1, 0.15) is 27.7 Å². The number of alkyl halides is 1. The maximum Gasteiger partial charge on any atom is 0.250 e. The highest BCUT2D eigenvalue weighted by Gasteiger charge is 2.44. The maximum atomic E-state index is 13.8. The van der Waals surface area contributed by atoms with Crippen molar-refractivity contribution in [1.29, 1.82) is 0 Å². The molecule has 2 unspecified atom stereocenters. The highest BCUT2D eigenvalue weighted by Crippen LogP contribution is 2.35. The smallest absolute Gasteiger partial charge is 0.250 e. The van der Waals surface area contributed by atoms with Gasteiger partial charge in [0.1, 0.15) is 5.83 Å². The molecule has 0 spiro atoms. The van der Waals surface area contributed by atoms with Crippen molar-refractivity contribution in [1.82, 2.24) is 5.32 Å². The van der Waals surface area contributed by atoms with Crippen LogP contribution in [0.3, 0.4) is 0 Å². The topological polar surface area (TPSA) is 29.1 Å². The zero-order chi connectivity index (χ0) is 11.1. The number of hydrogen-bond acceptors (Lipinski definition) is 1. The number of amides is 1. The molecule has 0 saturated heterocycles. The third-order valence-electron chi connectivity index (χ3n) is 2.65. The molecule has 2 atom stereocenters. The Hall–Kier alpha value is -0.930. The van der Waals surface area contributed by atoms with Crippen LogP contribution in [0.15, 0.2) is 11.4 Å². The monoisotopic (exact) mass is 203 g/mol. The zero-order valence-electron chi connectivity index (χ0n) is 8.82. The summed E-state index contributed by atoms with van der Waals surface area (Å²) in [6, 6.07) is -0.822. The molecule has 0 radical (unpaired) electrons. The van der Waals surface area contributed by atoms with Gasteiger partial charge in [-0.2, -0.15) is 0 Å². The van der Waals surface area contributed by atoms with Crippen LogP contribution in [-0.4, -0.2) is 17.6 Å². The summed E-state index contributed by atoms with van der Waals surface area (Å²) < 4.78 is 27.4. The Morgan fingerprint density at radius 2 is 2.00 bits per heavy atom. The van der Waals surface area contributed by atoms with E-state index in [1.807, 2.05) is 0 Å². The molecule has 1 rings (SSSR count). The standard InChI is InChI=1S/C10H15F2NO/c1-5(2)7-8(11)10(4,12)6(3)13-9(7)14/h5-6H,1-4H3,(H,13,14). The second-order valence-electron chi connectivity index (χ2n) is 4.15. The van der Waals surface area contributed by atoms with E-state index in [0.717, 1.165) is 6.92 Å². The van der Waals surface area contributed by atoms with E-state index in [-0.39, 0.29) is 11.5 Å². The van der Waals surface area contributed by atoms with Crippen LogP contribution in [0.2, 0.25) is 0 Å². The molecule has 14 heavy (non-hydrogen) atoms. The van der Waals surface area contributed by atoms with Crippen LogP contribution in [0, 0.1) is 5.92 Å². The lowest BCUT2D eigenvalue weighted by atomic mass is 9.86. The van der Waals surface area contributed by atoms with Crippen molar-refractivity contribution in [2.45, 2.75) is 39.4 Å². The first-order chi connectivity index (χ1) is 6.28. The minimum absolute atomic E-state index is 0.0758. The Bertz CT molecular complexity index is 294. The summed E-state index contributed by atoms with van der Waals surface area (Å²) in [5, 5.41) is 2.42. The fourth-order valence-electron chi connectivity index (χ4n) is 1.48. The van der Waals surface area contributed by atoms with E-state index in [9.17, 15) is 13.6 Å². The number of carbonyl (C=O) groups is 1. The number of nitrogens with one attached hydrogen (secondary N) is 1. The first kappa shape index (κ1) is 11.1. The molecule has 80 valence electrons. The predicted octanol–water partition coefficient (Wildman–Crippen LogP) is 2.11. The van der Waals surface area contributed by atoms with Crippen molar-refractivity contribution < 1.29 is 13.6 Å². The van der Waals surface area contributed by atoms with Crippen LogP contribution < -0.4 is 5.32 Å². The summed E-state index contributed by atoms with van der Waals surface area (Å²) in [7, 11) is 0. The molecule has 0 aromatic rings. The molecule has 0 saturated carbocycles. The largest absolute Gasteiger partial charge is 0.346 e. The molecule has 0 aliphatic carbocycles. The van der Waals surface area contributed by atoms with E-state index in [1.165, 1.54) is 6.92 Å². The molecular weight excluding hydrogens is 188 g/mol. The molecule has 4 heteroatoms. The SMILES string of the molecule is CC(C)C1=C(F)C(C)(F)C(C)NC1=O. The van der Waals surface area contributed by atoms with Crippen LogP contribution in [-0.2, 0) is 4.79 Å². The van der Waals surface area contributed by atoms with Gasteiger partial charge in [0.05, 0.1) is 11.6 Å². The second kappa shape index (κ2) is 3.33. The van der Waals surface area contributed by atoms with Gasteiger partial charge < -0.3 is 5.32 Å². The normalized spacial score (nSPS) is 33.6. The molecule has 0 fully saturated rings. The summed E-state index contributed by atoms with van der Waals surface area (Å²) in [4.78, 5) is 11.4. The molecule has 1 aliphatic heterocycles. The Balaban J connectivity index is 3.23. The van der Waals surface area contributed by atoms with E-state index >= 15 is 0 Å². The average molecular weight is 203 g/mol. The number of hydrogen-bond donors (Lipinski definition) is 1. The highest BCUT2D eigenvalue weighted by atomic mass is 19.2. The van der Waals surface area contributed by atoms with Crippen LogP contribution in [0.4, 0.5) is 8.78 Å². The molecule has 1 aliphatic rings. The maximum absolute atomic E-state index is 13.8. The van der Waals surface area contributed by atoms with Gasteiger partial charge in [0.15, 0.2) is 5.67 Å². The van der Waals surface area contributed by atoms with Crippen molar-refractivity contribution >= 4 is 5.91 Å². The molecule has 0 bridgehead atoms. The molecule has 1 heterocycles. The van der Waals surface area contributed by atoms with Crippen molar-refractivity contribution in [2.75, 3.05) is 0 Å². The lowest BCUT2D eigenvalue weighted by molar-refractivity contribution is -0.121. The Morgan fingerprint density at radius 1 is 1.50 bits per heavy atom. The van der Waals surface area contributed by atoms with Gasteiger partial charge >= 0.3 is 0 Å². The third-order valence-corrected chi connectivity index (χ3v) is 2.65. The third kappa shape index (κ3) is 1.53. The number of carbonyl (C=O) groups excluding carboxylic acids is 1. The van der Waals surface area contributed by atoms with Crippen LogP contribution in [0.5, 0.6) is 0 Å². The summed E-state index contributed by atoms with van der Waals surface area (Å²) in [5.74, 6) is -1.73. The van der Waals surface area contributed by atoms with Gasteiger partial charge in [0, 0.05) is 0 Å². The summed E-state index contributed by atoms with van der Waals surface area (Å²) in [5.41, 5.74) is -2.17. The number of rotatable bonds is 1. The zero-order valence-corrected chi connectivity index (χ0v) is 8.82. The van der Waals surface area contributed by atoms with Gasteiger partial charge in [-0.15, -0.1) is 0 Å². The van der Waals surface area contributed by atoms with Crippen molar-refractivity contribution in [3.63, 3.8) is 0 Å². The first-order valence-corrected chi connectivity index (χ1v) is 4.68. The van der Waals surface area contributed by atoms with Gasteiger partial charge in [-0.1, -0.05) is 13.8 Å². The van der Waals surface area contributed by atoms with Crippen LogP contribution >= 0.6 is 0 Å². The molecule has 1 amide bonds. The fourth-order valence-corrected chi connectivity index (χ4v) is 1.48. The lowest BCUT2D eigenvalue weighted by Crippen LogP contribution is -2.52. The molecular formula is C10H15F2NO. The first-order valence-electron chi connectivity index (χ1n) is 4.68. The van der Waals surface area contributed by atoms with Gasteiger partial charge in [-0.3, -0.25) is 4.79 Å². The summed E-state index contributed by atoms with van der Waals surface area (Å²) >= 11 is 0. The van der Waals surface area contributed by atoms with Crippen LogP contribution in [0.25, 0.3) is 0 Å². The Morgan fingerprint density at radius 3 is 2.43 bits per heavy atom. The highest BCUT2D eigenvalue weighted by molar-refractivity contribution is 5.96. The average Bonchev–Trinajstić information content (AvgIpc) is 2.00. The van der Waals surface area contributed by atoms with Crippen molar-refractivity contribution in [2.24, 2.45) is 5.92 Å². The van der Waals surface area contributed by atoms with Gasteiger partial charge in [-0.05, 0) is 19.8 Å². The van der Waals surface area contributed by atoms with Gasteiger partial charge in [0.25, 0.3) is 5.91 Å². The Labute approximate surface area is 82.4 Å². The second-order valence-corrected chi connectivity index (χ2v) is 4.15. The summed E-state index contributed by atoms with van der Waals surface area (Å²) in [6.07, 6.45) is 0. The Kier molecular flexibility index (Phi) is 2.65. The van der Waals surface area contributed by atoms with E-state index in [2.05, 4.69) is 5.32 Å². The van der Waals surface area contributed by atoms with Crippen molar-refractivity contribution in [3.8, 4) is 0 Å². The summed E-state index contributed by atoms with van der Waals surface area (Å²) in [6.45, 7) is 5.94. The molecule has 1 N–H and O–H groups in total. The lowest BCUT2D eigenvalue weighted by Gasteiger charge is -2.34. The van der Waals surface area contributed by atoms with Gasteiger partial charge in [0.2, 0.25) is 0 Å². The fraction of sp³-hybridized carbons (Fsp3) is 0.700. The minimum Gasteiger partial charge on any atom is -0.346 e. The van der Waals surface area contributed by atoms with E-state index < -0.39 is 23.4 Å². The quantitative estimate of drug-likeness (QED) is 0.694. The van der Waals surface area contributed by atoms with Gasteiger partial charge in [-0.25, -0.2) is 8.78 Å². The van der Waals surface area contributed by atoms with E-state index in [1.54, 1.807) is 13.8 Å². The predicted molar refractivity (Wildman–Crippen MR) is 50.1 cm³/mol. The molecule has 0 aromatic heterocycles. The minimum atomic E-state index is -2.09. The molecule has 0 aromatic carbocycles.